The van der Waals surface area contributed by atoms with Gasteiger partial charge in [-0.15, -0.1) is 0 Å². The molecule has 0 bridgehead atoms. The Morgan fingerprint density at radius 1 is 1.32 bits per heavy atom. The molecular weight excluding hydrogens is 240 g/mol. The first-order valence-electron chi connectivity index (χ1n) is 6.97. The Morgan fingerprint density at radius 3 is 2.74 bits per heavy atom. The first-order valence-corrected chi connectivity index (χ1v) is 6.97. The number of nitrogens with one attached hydrogen (secondary N) is 1. The van der Waals surface area contributed by atoms with Crippen LogP contribution in [0.25, 0.3) is 0 Å². The van der Waals surface area contributed by atoms with Crippen LogP contribution >= 0.6 is 0 Å². The molecule has 0 aliphatic carbocycles. The van der Waals surface area contributed by atoms with Gasteiger partial charge in [0.25, 0.3) is 0 Å². The highest BCUT2D eigenvalue weighted by Crippen LogP contribution is 2.24. The number of anilines is 1. The molecule has 0 saturated heterocycles. The van der Waals surface area contributed by atoms with Gasteiger partial charge in [-0.05, 0) is 25.0 Å². The largest absolute Gasteiger partial charge is 0.491 e. The molecule has 1 unspecified atom stereocenters. The summed E-state index contributed by atoms with van der Waals surface area (Å²) >= 11 is 0. The van der Waals surface area contributed by atoms with Crippen molar-refractivity contribution >= 4 is 11.6 Å². The van der Waals surface area contributed by atoms with E-state index in [0.717, 1.165) is 19.3 Å². The molecule has 0 aromatic heterocycles. The Hall–Kier alpha value is -1.55. The lowest BCUT2D eigenvalue weighted by atomic mass is 10.1. The minimum absolute atomic E-state index is 0.159. The Balaban J connectivity index is 2.63. The minimum Gasteiger partial charge on any atom is -0.491 e. The molecule has 3 N–H and O–H groups in total. The van der Waals surface area contributed by atoms with Crippen molar-refractivity contribution in [1.82, 2.24) is 0 Å². The standard InChI is InChI=1S/C15H24N2O2/c1-3-5-11-19-14-10-7-6-9-13(14)17-15(18)12(16)8-4-2/h6-7,9-10,12H,3-5,8,11,16H2,1-2H3,(H,17,18). The monoisotopic (exact) mass is 264 g/mol. The van der Waals surface area contributed by atoms with E-state index in [1.54, 1.807) is 0 Å². The maximum atomic E-state index is 11.9. The summed E-state index contributed by atoms with van der Waals surface area (Å²) in [4.78, 5) is 11.9. The van der Waals surface area contributed by atoms with Gasteiger partial charge in [-0.1, -0.05) is 38.8 Å². The zero-order chi connectivity index (χ0) is 14.1. The van der Waals surface area contributed by atoms with Crippen molar-refractivity contribution in [2.75, 3.05) is 11.9 Å². The smallest absolute Gasteiger partial charge is 0.241 e. The van der Waals surface area contributed by atoms with Crippen LogP contribution in [-0.2, 0) is 4.79 Å². The Kier molecular flexibility index (Phi) is 6.97. The summed E-state index contributed by atoms with van der Waals surface area (Å²) in [7, 11) is 0. The molecule has 0 spiro atoms. The van der Waals surface area contributed by atoms with Crippen LogP contribution in [0.4, 0.5) is 5.69 Å². The molecule has 0 aliphatic rings. The van der Waals surface area contributed by atoms with Crippen molar-refractivity contribution in [2.45, 2.75) is 45.6 Å². The lowest BCUT2D eigenvalue weighted by Gasteiger charge is -2.14. The average Bonchev–Trinajstić information content (AvgIpc) is 2.41. The van der Waals surface area contributed by atoms with Gasteiger partial charge in [0.1, 0.15) is 5.75 Å². The molecule has 0 saturated carbocycles. The van der Waals surface area contributed by atoms with E-state index in [-0.39, 0.29) is 5.91 Å². The fourth-order valence-electron chi connectivity index (χ4n) is 1.69. The van der Waals surface area contributed by atoms with Crippen LogP contribution in [-0.4, -0.2) is 18.6 Å². The van der Waals surface area contributed by atoms with Gasteiger partial charge in [0.2, 0.25) is 5.91 Å². The SMILES string of the molecule is CCCCOc1ccccc1NC(=O)C(N)CCC. The van der Waals surface area contributed by atoms with Crippen molar-refractivity contribution < 1.29 is 9.53 Å². The highest BCUT2D eigenvalue weighted by molar-refractivity contribution is 5.95. The number of carbonyl (C=O) groups is 1. The molecule has 1 atom stereocenters. The molecule has 19 heavy (non-hydrogen) atoms. The van der Waals surface area contributed by atoms with Crippen LogP contribution in [0.2, 0.25) is 0 Å². The topological polar surface area (TPSA) is 64.3 Å². The predicted octanol–water partition coefficient (Wildman–Crippen LogP) is 2.93. The summed E-state index contributed by atoms with van der Waals surface area (Å²) in [5.41, 5.74) is 6.48. The number of hydrogen-bond donors (Lipinski definition) is 2. The van der Waals surface area contributed by atoms with Gasteiger partial charge in [-0.25, -0.2) is 0 Å². The maximum Gasteiger partial charge on any atom is 0.241 e. The zero-order valence-corrected chi connectivity index (χ0v) is 11.8. The first kappa shape index (κ1) is 15.5. The maximum absolute atomic E-state index is 11.9. The van der Waals surface area contributed by atoms with Gasteiger partial charge in [0.15, 0.2) is 0 Å². The van der Waals surface area contributed by atoms with Crippen LogP contribution in [0, 0.1) is 0 Å². The molecule has 1 aromatic carbocycles. The number of para-hydroxylation sites is 2. The lowest BCUT2D eigenvalue weighted by molar-refractivity contribution is -0.117. The second-order valence-corrected chi connectivity index (χ2v) is 4.58. The van der Waals surface area contributed by atoms with Crippen LogP contribution in [0.3, 0.4) is 0 Å². The number of hydrogen-bond acceptors (Lipinski definition) is 3. The third-order valence-corrected chi connectivity index (χ3v) is 2.84. The molecule has 0 aliphatic heterocycles. The molecule has 1 rings (SSSR count). The zero-order valence-electron chi connectivity index (χ0n) is 11.8. The van der Waals surface area contributed by atoms with Gasteiger partial charge in [0.05, 0.1) is 18.3 Å². The van der Waals surface area contributed by atoms with Crippen LogP contribution in [0.1, 0.15) is 39.5 Å². The Labute approximate surface area is 115 Å². The molecule has 0 fully saturated rings. The van der Waals surface area contributed by atoms with E-state index in [4.69, 9.17) is 10.5 Å². The quantitative estimate of drug-likeness (QED) is 0.709. The van der Waals surface area contributed by atoms with Crippen LogP contribution in [0.15, 0.2) is 24.3 Å². The summed E-state index contributed by atoms with van der Waals surface area (Å²) in [6.45, 7) is 4.78. The van der Waals surface area contributed by atoms with Gasteiger partial charge >= 0.3 is 0 Å². The number of unbranched alkanes of at least 4 members (excludes halogenated alkanes) is 1. The molecule has 1 aromatic rings. The molecule has 4 heteroatoms. The molecule has 0 heterocycles. The van der Waals surface area contributed by atoms with Crippen LogP contribution < -0.4 is 15.8 Å². The second-order valence-electron chi connectivity index (χ2n) is 4.58. The van der Waals surface area contributed by atoms with E-state index in [1.807, 2.05) is 31.2 Å². The van der Waals surface area contributed by atoms with E-state index < -0.39 is 6.04 Å². The fraction of sp³-hybridized carbons (Fsp3) is 0.533. The number of nitrogens with two attached hydrogens (primary N) is 1. The Bertz CT molecular complexity index is 393. The summed E-state index contributed by atoms with van der Waals surface area (Å²) < 4.78 is 5.66. The minimum atomic E-state index is -0.464. The number of rotatable bonds is 8. The van der Waals surface area contributed by atoms with Crippen molar-refractivity contribution in [3.63, 3.8) is 0 Å². The normalized spacial score (nSPS) is 11.9. The molecule has 0 radical (unpaired) electrons. The molecule has 1 amide bonds. The summed E-state index contributed by atoms with van der Waals surface area (Å²) in [5.74, 6) is 0.543. The summed E-state index contributed by atoms with van der Waals surface area (Å²) in [6.07, 6.45) is 3.65. The van der Waals surface area contributed by atoms with Gasteiger partial charge in [0, 0.05) is 0 Å². The molecular formula is C15H24N2O2. The second kappa shape index (κ2) is 8.53. The Morgan fingerprint density at radius 2 is 2.05 bits per heavy atom. The third kappa shape index (κ3) is 5.30. The first-order chi connectivity index (χ1) is 9.19. The van der Waals surface area contributed by atoms with Gasteiger partial charge in [-0.2, -0.15) is 0 Å². The third-order valence-electron chi connectivity index (χ3n) is 2.84. The van der Waals surface area contributed by atoms with E-state index in [1.165, 1.54) is 0 Å². The number of benzene rings is 1. The van der Waals surface area contributed by atoms with Crippen molar-refractivity contribution in [3.8, 4) is 5.75 Å². The lowest BCUT2D eigenvalue weighted by Crippen LogP contribution is -2.35. The molecule has 106 valence electrons. The van der Waals surface area contributed by atoms with Crippen molar-refractivity contribution in [2.24, 2.45) is 5.73 Å². The van der Waals surface area contributed by atoms with Crippen LogP contribution in [0.5, 0.6) is 5.75 Å². The van der Waals surface area contributed by atoms with Gasteiger partial charge < -0.3 is 15.8 Å². The van der Waals surface area contributed by atoms with E-state index >= 15 is 0 Å². The number of ether oxygens (including phenoxy) is 1. The fourth-order valence-corrected chi connectivity index (χ4v) is 1.69. The highest BCUT2D eigenvalue weighted by Gasteiger charge is 2.14. The number of amides is 1. The van der Waals surface area contributed by atoms with Gasteiger partial charge in [-0.3, -0.25) is 4.79 Å². The van der Waals surface area contributed by atoms with E-state index in [0.29, 0.717) is 24.5 Å². The molecule has 4 nitrogen and oxygen atoms in total. The highest BCUT2D eigenvalue weighted by atomic mass is 16.5. The van der Waals surface area contributed by atoms with Crippen molar-refractivity contribution in [3.05, 3.63) is 24.3 Å². The predicted molar refractivity (Wildman–Crippen MR) is 78.4 cm³/mol. The number of carbonyl (C=O) groups excluding carboxylic acids is 1. The average molecular weight is 264 g/mol. The van der Waals surface area contributed by atoms with E-state index in [9.17, 15) is 4.79 Å². The summed E-state index contributed by atoms with van der Waals surface area (Å²) in [5, 5.41) is 2.83. The summed E-state index contributed by atoms with van der Waals surface area (Å²) in [6, 6.07) is 6.99. The van der Waals surface area contributed by atoms with E-state index in [2.05, 4.69) is 12.2 Å². The van der Waals surface area contributed by atoms with Crippen molar-refractivity contribution in [1.29, 1.82) is 0 Å².